The maximum Gasteiger partial charge on any atom is 0.0916 e. The van der Waals surface area contributed by atoms with Crippen molar-refractivity contribution in [2.75, 3.05) is 31.2 Å². The highest BCUT2D eigenvalue weighted by molar-refractivity contribution is 7.13. The molecular weight excluding hydrogens is 158 g/mol. The zero-order valence-corrected chi connectivity index (χ0v) is 7.06. The van der Waals surface area contributed by atoms with Crippen LogP contribution in [0.15, 0.2) is 12.1 Å². The summed E-state index contributed by atoms with van der Waals surface area (Å²) in [4.78, 5) is 2.34. The molecule has 1 aromatic rings. The average molecular weight is 168 g/mol. The molecule has 2 nitrogen and oxygen atoms in total. The number of ether oxygens (including phenoxy) is 1. The summed E-state index contributed by atoms with van der Waals surface area (Å²) in [6.07, 6.45) is 0. The van der Waals surface area contributed by atoms with Gasteiger partial charge in [0.2, 0.25) is 0 Å². The second kappa shape index (κ2) is 3.24. The highest BCUT2D eigenvalue weighted by atomic mass is 32.1. The van der Waals surface area contributed by atoms with Crippen LogP contribution in [-0.4, -0.2) is 26.3 Å². The van der Waals surface area contributed by atoms with E-state index in [-0.39, 0.29) is 0 Å². The van der Waals surface area contributed by atoms with Crippen LogP contribution in [0.25, 0.3) is 0 Å². The van der Waals surface area contributed by atoms with E-state index in [1.54, 1.807) is 11.3 Å². The van der Waals surface area contributed by atoms with Crippen molar-refractivity contribution in [2.45, 2.75) is 0 Å². The molecule has 0 aliphatic carbocycles. The Hall–Kier alpha value is -0.540. The van der Waals surface area contributed by atoms with E-state index in [0.717, 1.165) is 26.3 Å². The summed E-state index contributed by atoms with van der Waals surface area (Å²) in [5.41, 5.74) is 0. The summed E-state index contributed by atoms with van der Waals surface area (Å²) in [7, 11) is 0. The zero-order valence-electron chi connectivity index (χ0n) is 6.25. The summed E-state index contributed by atoms with van der Waals surface area (Å²) >= 11 is 1.67. The molecule has 3 heteroatoms. The molecule has 11 heavy (non-hydrogen) atoms. The quantitative estimate of drug-likeness (QED) is 0.628. The monoisotopic (exact) mass is 168 g/mol. The van der Waals surface area contributed by atoms with Crippen LogP contribution in [0, 0.1) is 5.38 Å². The summed E-state index contributed by atoms with van der Waals surface area (Å²) in [6, 6.07) is 4.07. The molecule has 0 unspecified atom stereocenters. The normalized spacial score (nSPS) is 18.7. The Labute approximate surface area is 70.4 Å². The van der Waals surface area contributed by atoms with Gasteiger partial charge in [0.05, 0.1) is 18.2 Å². The maximum atomic E-state index is 5.25. The Morgan fingerprint density at radius 2 is 2.27 bits per heavy atom. The molecule has 1 fully saturated rings. The third-order valence-corrected chi connectivity index (χ3v) is 2.64. The Morgan fingerprint density at radius 3 is 2.91 bits per heavy atom. The molecule has 0 aromatic carbocycles. The van der Waals surface area contributed by atoms with Crippen molar-refractivity contribution in [1.29, 1.82) is 0 Å². The molecule has 2 heterocycles. The van der Waals surface area contributed by atoms with Crippen molar-refractivity contribution in [3.05, 3.63) is 17.5 Å². The van der Waals surface area contributed by atoms with Gasteiger partial charge in [-0.05, 0) is 12.1 Å². The number of anilines is 1. The molecule has 0 spiro atoms. The van der Waals surface area contributed by atoms with Crippen LogP contribution < -0.4 is 4.90 Å². The summed E-state index contributed by atoms with van der Waals surface area (Å²) in [5.74, 6) is 0. The van der Waals surface area contributed by atoms with Crippen LogP contribution >= 0.6 is 11.3 Å². The zero-order chi connectivity index (χ0) is 7.52. The first kappa shape index (κ1) is 7.13. The topological polar surface area (TPSA) is 12.5 Å². The molecule has 59 valence electrons. The lowest BCUT2D eigenvalue weighted by molar-refractivity contribution is 0.123. The van der Waals surface area contributed by atoms with Gasteiger partial charge < -0.3 is 9.64 Å². The van der Waals surface area contributed by atoms with Crippen molar-refractivity contribution in [3.8, 4) is 0 Å². The third kappa shape index (κ3) is 1.54. The van der Waals surface area contributed by atoms with Gasteiger partial charge in [-0.25, -0.2) is 0 Å². The van der Waals surface area contributed by atoms with Crippen molar-refractivity contribution in [2.24, 2.45) is 0 Å². The van der Waals surface area contributed by atoms with E-state index in [4.69, 9.17) is 4.74 Å². The molecule has 0 bridgehead atoms. The maximum absolute atomic E-state index is 5.25. The molecule has 2 rings (SSSR count). The second-order valence-corrected chi connectivity index (χ2v) is 3.35. The minimum atomic E-state index is 0.859. The van der Waals surface area contributed by atoms with Gasteiger partial charge in [0.25, 0.3) is 0 Å². The highest BCUT2D eigenvalue weighted by Gasteiger charge is 2.10. The van der Waals surface area contributed by atoms with Crippen molar-refractivity contribution < 1.29 is 4.74 Å². The molecule has 1 aliphatic rings. The van der Waals surface area contributed by atoms with Crippen LogP contribution in [-0.2, 0) is 4.74 Å². The Morgan fingerprint density at radius 1 is 1.45 bits per heavy atom. The highest BCUT2D eigenvalue weighted by Crippen LogP contribution is 2.20. The number of nitrogens with zero attached hydrogens (tertiary/aromatic N) is 1. The SMILES string of the molecule is [c]1ccc(N2CCOCC2)s1. The van der Waals surface area contributed by atoms with Crippen LogP contribution in [0.5, 0.6) is 0 Å². The fraction of sp³-hybridized carbons (Fsp3) is 0.500. The lowest BCUT2D eigenvalue weighted by Gasteiger charge is -2.27. The molecular formula is C8H10NOS. The first-order chi connectivity index (χ1) is 5.47. The molecule has 0 N–H and O–H groups in total. The van der Waals surface area contributed by atoms with Gasteiger partial charge >= 0.3 is 0 Å². The summed E-state index contributed by atoms with van der Waals surface area (Å²) in [5, 5.41) is 4.40. The van der Waals surface area contributed by atoms with Crippen LogP contribution in [0.1, 0.15) is 0 Å². The molecule has 0 saturated carbocycles. The molecule has 0 atom stereocenters. The van der Waals surface area contributed by atoms with E-state index < -0.39 is 0 Å². The number of rotatable bonds is 1. The number of morpholine rings is 1. The Kier molecular flexibility index (Phi) is 2.10. The smallest absolute Gasteiger partial charge is 0.0916 e. The van der Waals surface area contributed by atoms with E-state index in [9.17, 15) is 0 Å². The lowest BCUT2D eigenvalue weighted by Crippen LogP contribution is -2.35. The fourth-order valence-corrected chi connectivity index (χ4v) is 1.89. The van der Waals surface area contributed by atoms with Gasteiger partial charge in [0, 0.05) is 18.5 Å². The largest absolute Gasteiger partial charge is 0.378 e. The van der Waals surface area contributed by atoms with Crippen molar-refractivity contribution in [3.63, 3.8) is 0 Å². The van der Waals surface area contributed by atoms with Gasteiger partial charge in [-0.1, -0.05) is 0 Å². The first-order valence-electron chi connectivity index (χ1n) is 3.75. The van der Waals surface area contributed by atoms with Crippen LogP contribution in [0.4, 0.5) is 5.00 Å². The predicted octanol–water partition coefficient (Wildman–Crippen LogP) is 1.38. The molecule has 1 saturated heterocycles. The molecule has 0 amide bonds. The Bertz CT molecular complexity index is 204. The van der Waals surface area contributed by atoms with Crippen LogP contribution in [0.3, 0.4) is 0 Å². The lowest BCUT2D eigenvalue weighted by atomic mass is 10.4. The van der Waals surface area contributed by atoms with Crippen molar-refractivity contribution >= 4 is 16.3 Å². The van der Waals surface area contributed by atoms with E-state index in [0.29, 0.717) is 0 Å². The molecule has 1 aromatic heterocycles. The first-order valence-corrected chi connectivity index (χ1v) is 4.57. The molecule has 1 radical (unpaired) electrons. The van der Waals surface area contributed by atoms with Gasteiger partial charge in [0.1, 0.15) is 0 Å². The van der Waals surface area contributed by atoms with E-state index in [2.05, 4.69) is 16.3 Å². The summed E-state index contributed by atoms with van der Waals surface area (Å²) in [6.45, 7) is 3.76. The predicted molar refractivity (Wildman–Crippen MR) is 46.2 cm³/mol. The number of thiophene rings is 1. The number of hydrogen-bond acceptors (Lipinski definition) is 3. The van der Waals surface area contributed by atoms with Gasteiger partial charge in [0.15, 0.2) is 0 Å². The molecule has 1 aliphatic heterocycles. The Balaban J connectivity index is 2.04. The summed E-state index contributed by atoms with van der Waals surface area (Å²) < 4.78 is 5.25. The van der Waals surface area contributed by atoms with Gasteiger partial charge in [-0.2, -0.15) is 0 Å². The standard InChI is InChI=1S/C8H10NOS/c1-2-8(11-7-1)9-3-5-10-6-4-9/h1-2H,3-6H2. The number of hydrogen-bond donors (Lipinski definition) is 0. The second-order valence-electron chi connectivity index (χ2n) is 2.49. The third-order valence-electron chi connectivity index (χ3n) is 1.78. The van der Waals surface area contributed by atoms with Crippen LogP contribution in [0.2, 0.25) is 0 Å². The average Bonchev–Trinajstić information content (AvgIpc) is 2.58. The van der Waals surface area contributed by atoms with Crippen molar-refractivity contribution in [1.82, 2.24) is 0 Å². The van der Waals surface area contributed by atoms with Gasteiger partial charge in [-0.15, -0.1) is 11.3 Å². The van der Waals surface area contributed by atoms with E-state index in [1.165, 1.54) is 5.00 Å². The van der Waals surface area contributed by atoms with Gasteiger partial charge in [-0.3, -0.25) is 0 Å². The fourth-order valence-electron chi connectivity index (χ4n) is 1.19. The van der Waals surface area contributed by atoms with E-state index in [1.807, 2.05) is 6.07 Å². The van der Waals surface area contributed by atoms with E-state index >= 15 is 0 Å². The minimum Gasteiger partial charge on any atom is -0.378 e. The minimum absolute atomic E-state index is 0.859.